The molecule has 1 heterocycles. The van der Waals surface area contributed by atoms with Crippen LogP contribution in [-0.4, -0.2) is 16.7 Å². The Kier molecular flexibility index (Phi) is 5.57. The van der Waals surface area contributed by atoms with Gasteiger partial charge in [-0.25, -0.2) is 0 Å². The average Bonchev–Trinajstić information content (AvgIpc) is 2.92. The van der Waals surface area contributed by atoms with Crippen molar-refractivity contribution in [3.05, 3.63) is 33.6 Å². The zero-order valence-electron chi connectivity index (χ0n) is 11.5. The van der Waals surface area contributed by atoms with E-state index in [1.807, 2.05) is 18.2 Å². The number of benzene rings is 1. The number of rotatable bonds is 6. The molecule has 0 aliphatic heterocycles. The summed E-state index contributed by atoms with van der Waals surface area (Å²) in [7, 11) is 0. The molecule has 0 aliphatic rings. The molecule has 4 nitrogen and oxygen atoms in total. The lowest BCUT2D eigenvalue weighted by Gasteiger charge is -2.11. The second kappa shape index (κ2) is 7.20. The van der Waals surface area contributed by atoms with Crippen molar-refractivity contribution < 1.29 is 4.42 Å². The maximum atomic E-state index is 6.01. The molecule has 0 saturated carbocycles. The van der Waals surface area contributed by atoms with E-state index in [9.17, 15) is 0 Å². The lowest BCUT2D eigenvalue weighted by atomic mass is 10.2. The summed E-state index contributed by atoms with van der Waals surface area (Å²) in [6, 6.07) is 5.58. The van der Waals surface area contributed by atoms with Crippen LogP contribution >= 0.6 is 27.5 Å². The van der Waals surface area contributed by atoms with E-state index in [4.69, 9.17) is 16.0 Å². The van der Waals surface area contributed by atoms with Gasteiger partial charge in [0.25, 0.3) is 0 Å². The largest absolute Gasteiger partial charge is 0.419 e. The van der Waals surface area contributed by atoms with Gasteiger partial charge in [0.2, 0.25) is 11.8 Å². The molecule has 1 unspecified atom stereocenters. The van der Waals surface area contributed by atoms with Crippen LogP contribution in [0.15, 0.2) is 27.1 Å². The van der Waals surface area contributed by atoms with E-state index in [0.29, 0.717) is 16.8 Å². The molecule has 0 spiro atoms. The summed E-state index contributed by atoms with van der Waals surface area (Å²) in [4.78, 5) is 0. The Labute approximate surface area is 132 Å². The van der Waals surface area contributed by atoms with Gasteiger partial charge >= 0.3 is 0 Å². The number of halogens is 2. The Morgan fingerprint density at radius 1 is 1.35 bits per heavy atom. The molecule has 108 valence electrons. The van der Waals surface area contributed by atoms with Gasteiger partial charge in [0.15, 0.2) is 0 Å². The van der Waals surface area contributed by atoms with E-state index < -0.39 is 0 Å². The van der Waals surface area contributed by atoms with E-state index >= 15 is 0 Å². The van der Waals surface area contributed by atoms with Crippen LogP contribution < -0.4 is 5.32 Å². The zero-order chi connectivity index (χ0) is 14.5. The molecule has 2 aromatic rings. The summed E-state index contributed by atoms with van der Waals surface area (Å²) in [6.45, 7) is 5.14. The third-order valence-electron chi connectivity index (χ3n) is 2.95. The maximum Gasteiger partial charge on any atom is 0.249 e. The Hall–Kier alpha value is -0.910. The molecule has 2 rings (SSSR count). The van der Waals surface area contributed by atoms with Crippen LogP contribution in [0.3, 0.4) is 0 Å². The fraction of sp³-hybridized carbons (Fsp3) is 0.429. The van der Waals surface area contributed by atoms with Crippen molar-refractivity contribution >= 4 is 27.5 Å². The highest BCUT2D eigenvalue weighted by atomic mass is 79.9. The van der Waals surface area contributed by atoms with Crippen LogP contribution in [0.5, 0.6) is 0 Å². The van der Waals surface area contributed by atoms with E-state index in [2.05, 4.69) is 45.3 Å². The summed E-state index contributed by atoms with van der Waals surface area (Å²) < 4.78 is 6.66. The molecule has 1 N–H and O–H groups in total. The first-order valence-electron chi connectivity index (χ1n) is 6.67. The SMILES string of the molecule is CCCNC(CC)c1nnc(-c2cc(Cl)ccc2Br)o1. The summed E-state index contributed by atoms with van der Waals surface area (Å²) >= 11 is 9.48. The average molecular weight is 359 g/mol. The van der Waals surface area contributed by atoms with Crippen LogP contribution in [0.2, 0.25) is 5.02 Å². The van der Waals surface area contributed by atoms with Crippen LogP contribution in [0.1, 0.15) is 38.6 Å². The van der Waals surface area contributed by atoms with Crippen molar-refractivity contribution in [2.75, 3.05) is 6.54 Å². The number of hydrogen-bond donors (Lipinski definition) is 1. The fourth-order valence-electron chi connectivity index (χ4n) is 1.87. The standard InChI is InChI=1S/C14H17BrClN3O/c1-3-7-17-12(4-2)14-19-18-13(20-14)10-8-9(16)5-6-11(10)15/h5-6,8,12,17H,3-4,7H2,1-2H3. The third-order valence-corrected chi connectivity index (χ3v) is 3.87. The predicted molar refractivity (Wildman–Crippen MR) is 83.8 cm³/mol. The number of aromatic nitrogens is 2. The van der Waals surface area contributed by atoms with E-state index in [1.165, 1.54) is 0 Å². The normalized spacial score (nSPS) is 12.6. The second-order valence-electron chi connectivity index (χ2n) is 4.48. The smallest absolute Gasteiger partial charge is 0.249 e. The van der Waals surface area contributed by atoms with Crippen LogP contribution in [0.25, 0.3) is 11.5 Å². The van der Waals surface area contributed by atoms with Gasteiger partial charge in [-0.15, -0.1) is 10.2 Å². The number of nitrogens with one attached hydrogen (secondary N) is 1. The van der Waals surface area contributed by atoms with Crippen LogP contribution in [0, 0.1) is 0 Å². The molecule has 0 fully saturated rings. The Balaban J connectivity index is 2.25. The Bertz CT molecular complexity index is 573. The van der Waals surface area contributed by atoms with Crippen molar-refractivity contribution in [1.82, 2.24) is 15.5 Å². The molecule has 0 aliphatic carbocycles. The molecule has 0 radical (unpaired) electrons. The van der Waals surface area contributed by atoms with Crippen molar-refractivity contribution in [3.63, 3.8) is 0 Å². The van der Waals surface area contributed by atoms with E-state index in [-0.39, 0.29) is 6.04 Å². The van der Waals surface area contributed by atoms with Gasteiger partial charge in [0.1, 0.15) is 0 Å². The molecule has 0 bridgehead atoms. The summed E-state index contributed by atoms with van der Waals surface area (Å²) in [5.74, 6) is 1.09. The zero-order valence-corrected chi connectivity index (χ0v) is 13.8. The summed E-state index contributed by atoms with van der Waals surface area (Å²) in [5, 5.41) is 12.3. The van der Waals surface area contributed by atoms with Gasteiger partial charge in [-0.1, -0.05) is 25.4 Å². The summed E-state index contributed by atoms with van der Waals surface area (Å²) in [6.07, 6.45) is 1.97. The lowest BCUT2D eigenvalue weighted by molar-refractivity contribution is 0.396. The van der Waals surface area contributed by atoms with E-state index in [1.54, 1.807) is 0 Å². The molecule has 1 aromatic carbocycles. The Morgan fingerprint density at radius 2 is 2.15 bits per heavy atom. The first-order valence-corrected chi connectivity index (χ1v) is 7.85. The van der Waals surface area contributed by atoms with Gasteiger partial charge in [0.05, 0.1) is 11.6 Å². The van der Waals surface area contributed by atoms with Gasteiger partial charge < -0.3 is 9.73 Å². The van der Waals surface area contributed by atoms with Gasteiger partial charge in [-0.3, -0.25) is 0 Å². The highest BCUT2D eigenvalue weighted by Gasteiger charge is 2.18. The molecule has 6 heteroatoms. The predicted octanol–water partition coefficient (Wildman–Crippen LogP) is 4.60. The minimum absolute atomic E-state index is 0.0918. The van der Waals surface area contributed by atoms with E-state index in [0.717, 1.165) is 29.4 Å². The molecule has 1 atom stereocenters. The topological polar surface area (TPSA) is 51.0 Å². The van der Waals surface area contributed by atoms with Crippen LogP contribution in [-0.2, 0) is 0 Å². The summed E-state index contributed by atoms with van der Waals surface area (Å²) in [5.41, 5.74) is 0.807. The van der Waals surface area contributed by atoms with Crippen molar-refractivity contribution in [1.29, 1.82) is 0 Å². The molecular formula is C14H17BrClN3O. The molecule has 20 heavy (non-hydrogen) atoms. The maximum absolute atomic E-state index is 6.01. The molecule has 0 saturated heterocycles. The second-order valence-corrected chi connectivity index (χ2v) is 5.78. The fourth-order valence-corrected chi connectivity index (χ4v) is 2.46. The van der Waals surface area contributed by atoms with Crippen molar-refractivity contribution in [2.45, 2.75) is 32.7 Å². The van der Waals surface area contributed by atoms with Gasteiger partial charge in [-0.05, 0) is 53.5 Å². The lowest BCUT2D eigenvalue weighted by Crippen LogP contribution is -2.21. The van der Waals surface area contributed by atoms with Gasteiger partial charge in [0, 0.05) is 9.50 Å². The van der Waals surface area contributed by atoms with Gasteiger partial charge in [-0.2, -0.15) is 0 Å². The first kappa shape index (κ1) is 15.5. The highest BCUT2D eigenvalue weighted by Crippen LogP contribution is 2.31. The van der Waals surface area contributed by atoms with Crippen molar-refractivity contribution in [3.8, 4) is 11.5 Å². The highest BCUT2D eigenvalue weighted by molar-refractivity contribution is 9.10. The minimum Gasteiger partial charge on any atom is -0.419 e. The third kappa shape index (κ3) is 3.59. The first-order chi connectivity index (χ1) is 9.65. The molecular weight excluding hydrogens is 342 g/mol. The Morgan fingerprint density at radius 3 is 2.85 bits per heavy atom. The van der Waals surface area contributed by atoms with Crippen LogP contribution in [0.4, 0.5) is 0 Å². The minimum atomic E-state index is 0.0918. The monoisotopic (exact) mass is 357 g/mol. The quantitative estimate of drug-likeness (QED) is 0.819. The number of nitrogens with zero attached hydrogens (tertiary/aromatic N) is 2. The molecule has 1 aromatic heterocycles. The number of hydrogen-bond acceptors (Lipinski definition) is 4. The molecule has 0 amide bonds. The van der Waals surface area contributed by atoms with Crippen molar-refractivity contribution in [2.24, 2.45) is 0 Å².